The van der Waals surface area contributed by atoms with E-state index in [0.29, 0.717) is 10.9 Å². The maximum atomic E-state index is 12.4. The Morgan fingerprint density at radius 2 is 1.76 bits per heavy atom. The molecule has 0 radical (unpaired) electrons. The molecule has 0 unspecified atom stereocenters. The number of rotatable bonds is 6. The number of benzene rings is 2. The summed E-state index contributed by atoms with van der Waals surface area (Å²) in [5.41, 5.74) is 2.03. The molecule has 2 aromatic carbocycles. The summed E-state index contributed by atoms with van der Waals surface area (Å²) in [5.74, 6) is 0. The molecule has 1 aliphatic heterocycles. The number of carbonyl (C=O) groups excluding carboxylic acids is 1. The van der Waals surface area contributed by atoms with Crippen LogP contribution in [-0.4, -0.2) is 35.9 Å². The monoisotopic (exact) mass is 460 g/mol. The number of alkyl carbamates (subject to hydrolysis) is 1. The normalized spacial score (nSPS) is 17.1. The van der Waals surface area contributed by atoms with Crippen molar-refractivity contribution in [1.82, 2.24) is 10.3 Å². The van der Waals surface area contributed by atoms with Crippen molar-refractivity contribution in [2.75, 3.05) is 6.54 Å². The minimum atomic E-state index is -0.663. The molecule has 0 spiro atoms. The number of nitrogens with one attached hydrogen (secondary N) is 2. The van der Waals surface area contributed by atoms with Crippen molar-refractivity contribution >= 4 is 30.2 Å². The van der Waals surface area contributed by atoms with E-state index < -0.39 is 24.4 Å². The van der Waals surface area contributed by atoms with Crippen LogP contribution in [0.3, 0.4) is 0 Å². The van der Waals surface area contributed by atoms with E-state index in [-0.39, 0.29) is 18.6 Å². The Kier molecular flexibility index (Phi) is 6.64. The summed E-state index contributed by atoms with van der Waals surface area (Å²) in [6.07, 6.45) is 2.97. The average molecular weight is 460 g/mol. The molecule has 7 nitrogen and oxygen atoms in total. The maximum Gasteiger partial charge on any atom is 0.492 e. The highest BCUT2D eigenvalue weighted by Crippen LogP contribution is 2.38. The zero-order valence-corrected chi connectivity index (χ0v) is 19.9. The lowest BCUT2D eigenvalue weighted by atomic mass is 9.77. The molecule has 3 aromatic rings. The van der Waals surface area contributed by atoms with Gasteiger partial charge in [-0.25, -0.2) is 4.79 Å². The standard InChI is InChI=1S/C26H29BN2O5/c1-25(2)26(3,4)34-27(33-25)20(16-29-24(31)32-17-18-8-6-5-7-9-18)14-19-10-11-22-21(15-19)23(30)12-13-28-22/h5-15H,16-17H2,1-4H3,(H,28,30)(H,29,31). The van der Waals surface area contributed by atoms with Crippen LogP contribution in [0.15, 0.2) is 71.1 Å². The number of carbonyl (C=O) groups is 1. The van der Waals surface area contributed by atoms with Crippen LogP contribution in [0.1, 0.15) is 38.8 Å². The van der Waals surface area contributed by atoms with Gasteiger partial charge in [0.25, 0.3) is 0 Å². The highest BCUT2D eigenvalue weighted by atomic mass is 16.7. The molecule has 1 amide bonds. The van der Waals surface area contributed by atoms with Crippen molar-refractivity contribution in [2.24, 2.45) is 0 Å². The zero-order valence-electron chi connectivity index (χ0n) is 19.9. The van der Waals surface area contributed by atoms with Gasteiger partial charge in [0.05, 0.1) is 11.2 Å². The van der Waals surface area contributed by atoms with Crippen LogP contribution in [0.4, 0.5) is 4.79 Å². The fraction of sp³-hybridized carbons (Fsp3) is 0.308. The van der Waals surface area contributed by atoms with E-state index in [1.807, 2.05) is 82.3 Å². The lowest BCUT2D eigenvalue weighted by Crippen LogP contribution is -2.41. The van der Waals surface area contributed by atoms with E-state index in [9.17, 15) is 9.59 Å². The molecular formula is C26H29BN2O5. The maximum absolute atomic E-state index is 12.4. The first-order chi connectivity index (χ1) is 16.1. The highest BCUT2D eigenvalue weighted by Gasteiger charge is 2.52. The van der Waals surface area contributed by atoms with E-state index in [0.717, 1.165) is 16.6 Å². The van der Waals surface area contributed by atoms with Gasteiger partial charge in [0.1, 0.15) is 6.61 Å². The molecule has 2 heterocycles. The Hall–Kier alpha value is -3.36. The minimum Gasteiger partial charge on any atom is -0.445 e. The first kappa shape index (κ1) is 23.8. The molecule has 176 valence electrons. The average Bonchev–Trinajstić information content (AvgIpc) is 3.03. The number of hydrogen-bond donors (Lipinski definition) is 2. The van der Waals surface area contributed by atoms with Crippen molar-refractivity contribution in [2.45, 2.75) is 45.5 Å². The molecule has 1 saturated heterocycles. The van der Waals surface area contributed by atoms with Crippen molar-refractivity contribution in [3.05, 3.63) is 87.6 Å². The molecule has 1 fully saturated rings. The predicted molar refractivity (Wildman–Crippen MR) is 133 cm³/mol. The summed E-state index contributed by atoms with van der Waals surface area (Å²) in [6.45, 7) is 8.23. The van der Waals surface area contributed by atoms with Crippen LogP contribution < -0.4 is 10.7 Å². The molecule has 0 bridgehead atoms. The van der Waals surface area contributed by atoms with E-state index >= 15 is 0 Å². The molecule has 2 N–H and O–H groups in total. The second-order valence-electron chi connectivity index (χ2n) is 9.37. The van der Waals surface area contributed by atoms with Crippen LogP contribution in [0.2, 0.25) is 0 Å². The summed E-state index contributed by atoms with van der Waals surface area (Å²) in [4.78, 5) is 27.7. The molecule has 0 saturated carbocycles. The first-order valence-corrected chi connectivity index (χ1v) is 11.3. The third-order valence-corrected chi connectivity index (χ3v) is 6.34. The van der Waals surface area contributed by atoms with Gasteiger partial charge in [-0.1, -0.05) is 42.5 Å². The van der Waals surface area contributed by atoms with E-state index in [1.165, 1.54) is 6.07 Å². The van der Waals surface area contributed by atoms with Crippen molar-refractivity contribution in [1.29, 1.82) is 0 Å². The third kappa shape index (κ3) is 5.24. The third-order valence-electron chi connectivity index (χ3n) is 6.34. The topological polar surface area (TPSA) is 89.7 Å². The number of ether oxygens (including phenoxy) is 1. The van der Waals surface area contributed by atoms with Crippen molar-refractivity contribution in [3.63, 3.8) is 0 Å². The van der Waals surface area contributed by atoms with Crippen LogP contribution in [0, 0.1) is 0 Å². The van der Waals surface area contributed by atoms with Crippen molar-refractivity contribution < 1.29 is 18.8 Å². The van der Waals surface area contributed by atoms with Gasteiger partial charge in [0.2, 0.25) is 0 Å². The number of hydrogen-bond acceptors (Lipinski definition) is 5. The molecule has 1 aliphatic rings. The van der Waals surface area contributed by atoms with Gasteiger partial charge in [-0.3, -0.25) is 4.79 Å². The number of aromatic nitrogens is 1. The second kappa shape index (κ2) is 9.48. The number of fused-ring (bicyclic) bond motifs is 1. The largest absolute Gasteiger partial charge is 0.492 e. The van der Waals surface area contributed by atoms with Gasteiger partial charge in [0, 0.05) is 29.7 Å². The Bertz CT molecular complexity index is 1250. The predicted octanol–water partition coefficient (Wildman–Crippen LogP) is 4.47. The Morgan fingerprint density at radius 3 is 2.47 bits per heavy atom. The fourth-order valence-corrected chi connectivity index (χ4v) is 3.64. The van der Waals surface area contributed by atoms with Gasteiger partial charge in [-0.2, -0.15) is 0 Å². The number of aromatic amines is 1. The molecule has 34 heavy (non-hydrogen) atoms. The summed E-state index contributed by atoms with van der Waals surface area (Å²) < 4.78 is 17.8. The lowest BCUT2D eigenvalue weighted by Gasteiger charge is -2.32. The summed E-state index contributed by atoms with van der Waals surface area (Å²) >= 11 is 0. The summed E-state index contributed by atoms with van der Waals surface area (Å²) in [6, 6.07) is 16.5. The van der Waals surface area contributed by atoms with Crippen LogP contribution in [0.5, 0.6) is 0 Å². The van der Waals surface area contributed by atoms with Gasteiger partial charge >= 0.3 is 13.2 Å². The molecule has 8 heteroatoms. The van der Waals surface area contributed by atoms with Crippen LogP contribution in [-0.2, 0) is 20.7 Å². The Balaban J connectivity index is 1.55. The number of amides is 1. The fourth-order valence-electron chi connectivity index (χ4n) is 3.64. The molecular weight excluding hydrogens is 431 g/mol. The van der Waals surface area contributed by atoms with Crippen molar-refractivity contribution in [3.8, 4) is 0 Å². The summed E-state index contributed by atoms with van der Waals surface area (Å²) in [7, 11) is -0.663. The zero-order chi connectivity index (χ0) is 24.3. The molecule has 0 aliphatic carbocycles. The Labute approximate surface area is 199 Å². The van der Waals surface area contributed by atoms with E-state index in [1.54, 1.807) is 6.20 Å². The van der Waals surface area contributed by atoms with Gasteiger partial charge in [0.15, 0.2) is 5.43 Å². The van der Waals surface area contributed by atoms with Crippen LogP contribution in [0.25, 0.3) is 17.0 Å². The molecule has 1 aromatic heterocycles. The van der Waals surface area contributed by atoms with Crippen LogP contribution >= 0.6 is 0 Å². The van der Waals surface area contributed by atoms with Gasteiger partial charge in [-0.05, 0) is 56.4 Å². The minimum absolute atomic E-state index is 0.0659. The second-order valence-corrected chi connectivity index (χ2v) is 9.37. The molecule has 0 atom stereocenters. The van der Waals surface area contributed by atoms with Gasteiger partial charge < -0.3 is 24.3 Å². The highest BCUT2D eigenvalue weighted by molar-refractivity contribution is 6.56. The lowest BCUT2D eigenvalue weighted by molar-refractivity contribution is 0.00578. The molecule has 4 rings (SSSR count). The van der Waals surface area contributed by atoms with E-state index in [2.05, 4.69) is 10.3 Å². The Morgan fingerprint density at radius 1 is 1.06 bits per heavy atom. The first-order valence-electron chi connectivity index (χ1n) is 11.3. The van der Waals surface area contributed by atoms with Gasteiger partial charge in [-0.15, -0.1) is 0 Å². The number of H-pyrrole nitrogens is 1. The number of pyridine rings is 1. The SMILES string of the molecule is CC1(C)OB(C(=Cc2ccc3[nH]ccc(=O)c3c2)CNC(=O)OCc2ccccc2)OC1(C)C. The quantitative estimate of drug-likeness (QED) is 0.530. The van der Waals surface area contributed by atoms with E-state index in [4.69, 9.17) is 14.0 Å². The summed E-state index contributed by atoms with van der Waals surface area (Å²) in [5, 5.41) is 3.38. The smallest absolute Gasteiger partial charge is 0.445 e.